The number of rotatable bonds is 9. The minimum absolute atomic E-state index is 0.105. The van der Waals surface area contributed by atoms with E-state index in [1.807, 2.05) is 25.2 Å². The summed E-state index contributed by atoms with van der Waals surface area (Å²) in [4.78, 5) is 13.9. The lowest BCUT2D eigenvalue weighted by atomic mass is 10.1. The van der Waals surface area contributed by atoms with Gasteiger partial charge in [-0.05, 0) is 30.5 Å². The van der Waals surface area contributed by atoms with Crippen molar-refractivity contribution >= 4 is 17.5 Å². The fraction of sp³-hybridized carbons (Fsp3) is 0.562. The lowest BCUT2D eigenvalue weighted by Crippen LogP contribution is -2.29. The zero-order chi connectivity index (χ0) is 15.7. The Labute approximate surface area is 132 Å². The van der Waals surface area contributed by atoms with Gasteiger partial charge in [0.15, 0.2) is 11.5 Å². The summed E-state index contributed by atoms with van der Waals surface area (Å²) in [6, 6.07) is 5.56. The Morgan fingerprint density at radius 1 is 1.14 bits per heavy atom. The molecule has 1 aromatic rings. The van der Waals surface area contributed by atoms with Gasteiger partial charge in [-0.3, -0.25) is 4.79 Å². The molecule has 118 valence electrons. The van der Waals surface area contributed by atoms with E-state index in [2.05, 4.69) is 0 Å². The molecule has 1 amide bonds. The number of amides is 1. The van der Waals surface area contributed by atoms with Crippen LogP contribution in [-0.4, -0.2) is 44.5 Å². The van der Waals surface area contributed by atoms with Crippen molar-refractivity contribution in [3.63, 3.8) is 0 Å². The van der Waals surface area contributed by atoms with Gasteiger partial charge in [-0.25, -0.2) is 0 Å². The smallest absolute Gasteiger partial charge is 0.226 e. The lowest BCUT2D eigenvalue weighted by Gasteiger charge is -2.17. The number of nitrogens with zero attached hydrogens (tertiary/aromatic N) is 1. The van der Waals surface area contributed by atoms with E-state index >= 15 is 0 Å². The van der Waals surface area contributed by atoms with Crippen molar-refractivity contribution in [2.24, 2.45) is 0 Å². The van der Waals surface area contributed by atoms with E-state index in [1.54, 1.807) is 19.1 Å². The summed E-state index contributed by atoms with van der Waals surface area (Å²) in [6.07, 6.45) is 3.41. The Kier molecular flexibility index (Phi) is 7.98. The predicted octanol–water partition coefficient (Wildman–Crippen LogP) is 3.11. The van der Waals surface area contributed by atoms with Gasteiger partial charge in [0.05, 0.1) is 20.6 Å². The molecule has 0 aliphatic rings. The molecule has 0 aromatic heterocycles. The van der Waals surface area contributed by atoms with Gasteiger partial charge in [-0.1, -0.05) is 12.5 Å². The fourth-order valence-electron chi connectivity index (χ4n) is 2.05. The van der Waals surface area contributed by atoms with E-state index in [0.717, 1.165) is 31.4 Å². The normalized spacial score (nSPS) is 10.3. The van der Waals surface area contributed by atoms with Crippen LogP contribution in [0.5, 0.6) is 11.5 Å². The zero-order valence-corrected chi connectivity index (χ0v) is 13.8. The van der Waals surface area contributed by atoms with Crippen LogP contribution in [0.25, 0.3) is 0 Å². The second-order valence-corrected chi connectivity index (χ2v) is 5.31. The Bertz CT molecular complexity index is 451. The van der Waals surface area contributed by atoms with Gasteiger partial charge >= 0.3 is 0 Å². The molecule has 1 rings (SSSR count). The number of methoxy groups -OCH3 is 2. The summed E-state index contributed by atoms with van der Waals surface area (Å²) >= 11 is 5.64. The maximum atomic E-state index is 12.2. The average molecular weight is 314 g/mol. The first-order valence-corrected chi connectivity index (χ1v) is 7.66. The van der Waals surface area contributed by atoms with Crippen LogP contribution in [0.3, 0.4) is 0 Å². The molecule has 4 nitrogen and oxygen atoms in total. The number of unbranched alkanes of at least 4 members (excludes halogenated alkanes) is 2. The van der Waals surface area contributed by atoms with Crippen molar-refractivity contribution in [2.45, 2.75) is 25.7 Å². The number of alkyl halides is 1. The summed E-state index contributed by atoms with van der Waals surface area (Å²) < 4.78 is 10.4. The molecule has 0 aliphatic carbocycles. The molecule has 1 aromatic carbocycles. The van der Waals surface area contributed by atoms with Crippen LogP contribution in [0.1, 0.15) is 24.8 Å². The highest BCUT2D eigenvalue weighted by molar-refractivity contribution is 6.17. The van der Waals surface area contributed by atoms with Crippen molar-refractivity contribution in [3.05, 3.63) is 23.8 Å². The van der Waals surface area contributed by atoms with Gasteiger partial charge in [0.25, 0.3) is 0 Å². The maximum Gasteiger partial charge on any atom is 0.226 e. The van der Waals surface area contributed by atoms with Crippen molar-refractivity contribution in [1.29, 1.82) is 0 Å². The fourth-order valence-corrected chi connectivity index (χ4v) is 2.23. The molecular formula is C16H24ClNO3. The third-order valence-electron chi connectivity index (χ3n) is 3.36. The molecule has 0 N–H and O–H groups in total. The third kappa shape index (κ3) is 5.84. The number of hydrogen-bond donors (Lipinski definition) is 0. The minimum Gasteiger partial charge on any atom is -0.493 e. The van der Waals surface area contributed by atoms with Crippen molar-refractivity contribution in [3.8, 4) is 11.5 Å². The molecular weight excluding hydrogens is 290 g/mol. The number of benzene rings is 1. The van der Waals surface area contributed by atoms with Gasteiger partial charge in [0.1, 0.15) is 0 Å². The molecule has 0 saturated heterocycles. The Balaban J connectivity index is 2.53. The second-order valence-electron chi connectivity index (χ2n) is 4.93. The molecule has 0 spiro atoms. The second kappa shape index (κ2) is 9.50. The number of carbonyl (C=O) groups excluding carboxylic acids is 1. The van der Waals surface area contributed by atoms with Crippen LogP contribution in [-0.2, 0) is 11.2 Å². The number of ether oxygens (including phenoxy) is 2. The Morgan fingerprint density at radius 3 is 2.48 bits per heavy atom. The Morgan fingerprint density at radius 2 is 1.86 bits per heavy atom. The van der Waals surface area contributed by atoms with E-state index in [4.69, 9.17) is 21.1 Å². The molecule has 0 atom stereocenters. The molecule has 0 radical (unpaired) electrons. The summed E-state index contributed by atoms with van der Waals surface area (Å²) in [5, 5.41) is 0. The van der Waals surface area contributed by atoms with Gasteiger partial charge < -0.3 is 14.4 Å². The number of likely N-dealkylation sites (N-methyl/N-ethyl adjacent to an activating group) is 1. The number of hydrogen-bond acceptors (Lipinski definition) is 3. The van der Waals surface area contributed by atoms with Crippen LogP contribution in [0.2, 0.25) is 0 Å². The highest BCUT2D eigenvalue weighted by atomic mass is 35.5. The molecule has 5 heteroatoms. The summed E-state index contributed by atoms with van der Waals surface area (Å²) in [6.45, 7) is 0.767. The first-order chi connectivity index (χ1) is 10.1. The monoisotopic (exact) mass is 313 g/mol. The number of halogens is 1. The average Bonchev–Trinajstić information content (AvgIpc) is 2.51. The summed E-state index contributed by atoms with van der Waals surface area (Å²) in [5.41, 5.74) is 0.922. The van der Waals surface area contributed by atoms with Crippen molar-refractivity contribution < 1.29 is 14.3 Å². The van der Waals surface area contributed by atoms with Crippen LogP contribution in [0, 0.1) is 0 Å². The molecule has 0 unspecified atom stereocenters. The highest BCUT2D eigenvalue weighted by Crippen LogP contribution is 2.27. The summed E-state index contributed by atoms with van der Waals surface area (Å²) in [5.74, 6) is 2.10. The topological polar surface area (TPSA) is 38.8 Å². The quantitative estimate of drug-likeness (QED) is 0.519. The third-order valence-corrected chi connectivity index (χ3v) is 3.62. The Hall–Kier alpha value is -1.42. The van der Waals surface area contributed by atoms with Gasteiger partial charge in [-0.2, -0.15) is 0 Å². The van der Waals surface area contributed by atoms with Crippen molar-refractivity contribution in [2.75, 3.05) is 33.7 Å². The predicted molar refractivity (Wildman–Crippen MR) is 85.5 cm³/mol. The molecule has 0 heterocycles. The van der Waals surface area contributed by atoms with E-state index in [-0.39, 0.29) is 5.91 Å². The maximum absolute atomic E-state index is 12.2. The lowest BCUT2D eigenvalue weighted by molar-refractivity contribution is -0.129. The molecule has 21 heavy (non-hydrogen) atoms. The zero-order valence-electron chi connectivity index (χ0n) is 13.0. The van der Waals surface area contributed by atoms with E-state index in [1.165, 1.54) is 0 Å². The minimum atomic E-state index is 0.105. The van der Waals surface area contributed by atoms with E-state index < -0.39 is 0 Å². The van der Waals surface area contributed by atoms with Gasteiger partial charge in [-0.15, -0.1) is 11.6 Å². The van der Waals surface area contributed by atoms with Crippen LogP contribution >= 0.6 is 11.6 Å². The molecule has 0 bridgehead atoms. The van der Waals surface area contributed by atoms with Gasteiger partial charge in [0.2, 0.25) is 5.91 Å². The van der Waals surface area contributed by atoms with Gasteiger partial charge in [0, 0.05) is 19.5 Å². The molecule has 0 fully saturated rings. The first-order valence-electron chi connectivity index (χ1n) is 7.13. The molecule has 0 saturated carbocycles. The SMILES string of the molecule is COc1ccc(CC(=O)N(C)CCCCCCl)cc1OC. The van der Waals surface area contributed by atoms with Crippen molar-refractivity contribution in [1.82, 2.24) is 4.90 Å². The van der Waals surface area contributed by atoms with Crippen LogP contribution in [0.15, 0.2) is 18.2 Å². The van der Waals surface area contributed by atoms with Crippen LogP contribution in [0.4, 0.5) is 0 Å². The van der Waals surface area contributed by atoms with E-state index in [9.17, 15) is 4.79 Å². The standard InChI is InChI=1S/C16H24ClNO3/c1-18(10-6-4-5-9-17)16(19)12-13-7-8-14(20-2)15(11-13)21-3/h7-8,11H,4-6,9-10,12H2,1-3H3. The van der Waals surface area contributed by atoms with E-state index in [0.29, 0.717) is 23.8 Å². The number of carbonyl (C=O) groups is 1. The summed E-state index contributed by atoms with van der Waals surface area (Å²) in [7, 11) is 5.02. The van der Waals surface area contributed by atoms with Crippen LogP contribution < -0.4 is 9.47 Å². The first kappa shape index (κ1) is 17.6. The largest absolute Gasteiger partial charge is 0.493 e. The highest BCUT2D eigenvalue weighted by Gasteiger charge is 2.11. The molecule has 0 aliphatic heterocycles.